The number of hydrogen-bond donors (Lipinski definition) is 1. The number of aliphatic hydroxyl groups is 1. The zero-order chi connectivity index (χ0) is 93.2. The van der Waals surface area contributed by atoms with Crippen molar-refractivity contribution in [1.82, 2.24) is 0 Å². The summed E-state index contributed by atoms with van der Waals surface area (Å²) in [6.45, 7) is 11.3. The number of halogens is 17. The van der Waals surface area contributed by atoms with Gasteiger partial charge in [0.1, 0.15) is 54.9 Å². The Kier molecular flexibility index (Phi) is 35.2. The number of ether oxygens (including phenoxy) is 15. The maximum Gasteiger partial charge on any atom is 0.460 e. The molecular formula is C91H105F17O19. The molecule has 0 aliphatic carbocycles. The molecule has 0 radical (unpaired) electrons. The molecule has 3 fully saturated rings. The lowest BCUT2D eigenvalue weighted by molar-refractivity contribution is -0.461. The molecule has 3 aliphatic rings. The number of hydrogen-bond acceptors (Lipinski definition) is 19. The molecule has 19 nitrogen and oxygen atoms in total. The van der Waals surface area contributed by atoms with Crippen molar-refractivity contribution in [3.05, 3.63) is 228 Å². The van der Waals surface area contributed by atoms with Crippen molar-refractivity contribution in [2.75, 3.05) is 26.4 Å². The van der Waals surface area contributed by atoms with E-state index in [1.807, 2.05) is 60.7 Å². The number of rotatable bonds is 43. The molecule has 15 atom stereocenters. The molecule has 702 valence electrons. The second-order valence-electron chi connectivity index (χ2n) is 33.9. The average Bonchev–Trinajstić information content (AvgIpc) is 0.693. The second kappa shape index (κ2) is 43.7. The number of carbonyl (C=O) groups is 3. The molecule has 0 bridgehead atoms. The first-order chi connectivity index (χ1) is 59.6. The molecule has 15 unspecified atom stereocenters. The van der Waals surface area contributed by atoms with Gasteiger partial charge in [0.2, 0.25) is 0 Å². The molecule has 36 heteroatoms. The third kappa shape index (κ3) is 25.7. The van der Waals surface area contributed by atoms with Crippen LogP contribution in [0.25, 0.3) is 0 Å². The molecular weight excluding hydrogens is 1720 g/mol. The van der Waals surface area contributed by atoms with E-state index in [0.29, 0.717) is 27.8 Å². The lowest BCUT2D eigenvalue weighted by Gasteiger charge is -2.48. The van der Waals surface area contributed by atoms with Crippen molar-refractivity contribution in [1.29, 1.82) is 0 Å². The molecule has 6 aromatic carbocycles. The summed E-state index contributed by atoms with van der Waals surface area (Å²) in [6.07, 6.45) is -32.6. The van der Waals surface area contributed by atoms with E-state index < -0.39 is 220 Å². The maximum atomic E-state index is 14.9. The van der Waals surface area contributed by atoms with Crippen LogP contribution in [0.2, 0.25) is 0 Å². The Bertz CT molecular complexity index is 4380. The largest absolute Gasteiger partial charge is 0.460 e. The van der Waals surface area contributed by atoms with Crippen LogP contribution < -0.4 is 0 Å². The zero-order valence-electron chi connectivity index (χ0n) is 71.0. The van der Waals surface area contributed by atoms with Gasteiger partial charge in [0.05, 0.1) is 82.3 Å². The highest BCUT2D eigenvalue weighted by Gasteiger charge is 2.95. The van der Waals surface area contributed by atoms with Crippen molar-refractivity contribution in [2.24, 2.45) is 16.2 Å². The van der Waals surface area contributed by atoms with Crippen LogP contribution >= 0.6 is 0 Å². The third-order valence-electron chi connectivity index (χ3n) is 20.7. The smallest absolute Gasteiger partial charge is 0.454 e. The van der Waals surface area contributed by atoms with Crippen molar-refractivity contribution >= 4 is 17.9 Å². The van der Waals surface area contributed by atoms with Crippen LogP contribution in [-0.4, -0.2) is 189 Å². The monoisotopic (exact) mass is 1820 g/mol. The predicted octanol–water partition coefficient (Wildman–Crippen LogP) is 19.1. The summed E-state index contributed by atoms with van der Waals surface area (Å²) in [4.78, 5) is 43.7. The predicted molar refractivity (Wildman–Crippen MR) is 422 cm³/mol. The fraction of sp³-hybridized carbons (Fsp3) is 0.549. The van der Waals surface area contributed by atoms with E-state index in [4.69, 9.17) is 71.1 Å². The number of esters is 3. The molecule has 9 rings (SSSR count). The summed E-state index contributed by atoms with van der Waals surface area (Å²) in [5.74, 6) is -59.5. The molecule has 0 amide bonds. The summed E-state index contributed by atoms with van der Waals surface area (Å²) in [5, 5.41) is 11.4. The topological polar surface area (TPSA) is 210 Å². The Hall–Kier alpha value is -8.24. The third-order valence-corrected chi connectivity index (χ3v) is 20.7. The second-order valence-corrected chi connectivity index (χ2v) is 33.9. The zero-order valence-corrected chi connectivity index (χ0v) is 71.0. The van der Waals surface area contributed by atoms with Gasteiger partial charge >= 0.3 is 65.5 Å². The van der Waals surface area contributed by atoms with Gasteiger partial charge in [0.15, 0.2) is 37.2 Å². The fourth-order valence-corrected chi connectivity index (χ4v) is 13.3. The van der Waals surface area contributed by atoms with Gasteiger partial charge < -0.3 is 76.2 Å². The van der Waals surface area contributed by atoms with Crippen LogP contribution in [0.5, 0.6) is 0 Å². The minimum absolute atomic E-state index is 0.0109. The van der Waals surface area contributed by atoms with E-state index in [-0.39, 0.29) is 52.5 Å². The van der Waals surface area contributed by atoms with Gasteiger partial charge in [-0.25, -0.2) is 0 Å². The summed E-state index contributed by atoms with van der Waals surface area (Å²) in [5.41, 5.74) is 0.335. The van der Waals surface area contributed by atoms with Gasteiger partial charge in [-0.1, -0.05) is 194 Å². The molecule has 0 aromatic heterocycles. The average molecular weight is 1830 g/mol. The summed E-state index contributed by atoms with van der Waals surface area (Å²) >= 11 is 0. The van der Waals surface area contributed by atoms with Crippen LogP contribution in [0.3, 0.4) is 0 Å². The van der Waals surface area contributed by atoms with Crippen LogP contribution in [0.1, 0.15) is 128 Å². The van der Waals surface area contributed by atoms with Gasteiger partial charge in [0, 0.05) is 6.42 Å². The van der Waals surface area contributed by atoms with Gasteiger partial charge in [0.25, 0.3) is 0 Å². The molecule has 3 saturated heterocycles. The number of unbranched alkanes of at least 4 members (excludes halogenated alkanes) is 2. The molecule has 1 N–H and O–H groups in total. The first kappa shape index (κ1) is 102. The molecule has 127 heavy (non-hydrogen) atoms. The van der Waals surface area contributed by atoms with Gasteiger partial charge in [-0.3, -0.25) is 14.4 Å². The fourth-order valence-electron chi connectivity index (χ4n) is 13.3. The Morgan fingerprint density at radius 2 is 0.551 bits per heavy atom. The minimum atomic E-state index is -8.75. The molecule has 6 aromatic rings. The Morgan fingerprint density at radius 3 is 0.827 bits per heavy atom. The van der Waals surface area contributed by atoms with Gasteiger partial charge in [-0.15, -0.1) is 0 Å². The van der Waals surface area contributed by atoms with Crippen LogP contribution in [0.15, 0.2) is 194 Å². The number of benzene rings is 6. The lowest BCUT2D eigenvalue weighted by atomic mass is 9.88. The number of allylic oxidation sites excluding steroid dienone is 2. The van der Waals surface area contributed by atoms with E-state index in [0.717, 1.165) is 11.6 Å². The van der Waals surface area contributed by atoms with Crippen LogP contribution in [-0.2, 0) is 125 Å². The van der Waals surface area contributed by atoms with Gasteiger partial charge in [-0.2, -0.15) is 74.6 Å². The summed E-state index contributed by atoms with van der Waals surface area (Å²) < 4.78 is 341. The van der Waals surface area contributed by atoms with E-state index in [1.54, 1.807) is 184 Å². The standard InChI is InChI=1S/C91H105F17O19/c1-81(2,3)78(110)125-72-70(118-53-61-42-28-18-29-43-61)67(115-50-58-36-22-15-23-37-58)64(123-75(72)113-47-33-13-11-10-12-32-46-84(92,93)85(94,95)86(96,97)87(98,99)88(100,101)89(102,103)90(104,105)91(106,107)108)55-121-77-74(127-80(112)83(7,8)9)71(119-54-62-44-30-19-31-45-62)68(116-51-59-38-24-16-25-39-59)65(124-77)56-120-76-73(126-79(111)82(4,5)6)69(117-52-60-40-26-17-27-41-60)66(63(48-109)122-76)114-49-57-34-20-14-21-35-57/h10-11,14-31,34-45,63-77,109H,12-13,32-33,46-56H2,1-9H3/b11-10-. The highest BCUT2D eigenvalue weighted by atomic mass is 19.4. The summed E-state index contributed by atoms with van der Waals surface area (Å²) in [6, 6.07) is 53.6. The highest BCUT2D eigenvalue weighted by Crippen LogP contribution is 2.64. The van der Waals surface area contributed by atoms with E-state index in [9.17, 15) is 94.1 Å². The van der Waals surface area contributed by atoms with E-state index in [1.165, 1.54) is 6.08 Å². The SMILES string of the molecule is CC(C)(C)C(=O)OC1C(OCC2OC(OCC3OC(OCCC/C=C\CCCC(F)(F)C(F)(F)C(F)(F)C(F)(F)C(F)(F)C(F)(F)C(F)(F)C(F)(F)F)C(OC(=O)C(C)(C)C)C(OCc4ccccc4)C3OCc3ccccc3)C(OC(=O)C(C)(C)C)C(OCc3ccccc3)C2OCc2ccccc2)OC(CO)C(OCc2ccccc2)C1OCc1ccccc1. The highest BCUT2D eigenvalue weighted by molar-refractivity contribution is 5.76. The van der Waals surface area contributed by atoms with Crippen LogP contribution in [0.4, 0.5) is 74.6 Å². The van der Waals surface area contributed by atoms with Gasteiger partial charge in [-0.05, 0) is 121 Å². The van der Waals surface area contributed by atoms with Crippen molar-refractivity contribution in [3.63, 3.8) is 0 Å². The maximum absolute atomic E-state index is 14.9. The van der Waals surface area contributed by atoms with E-state index in [2.05, 4.69) is 0 Å². The molecule has 3 heterocycles. The molecule has 0 saturated carbocycles. The van der Waals surface area contributed by atoms with Crippen molar-refractivity contribution < 1.29 is 165 Å². The number of carbonyl (C=O) groups excluding carboxylic acids is 3. The normalized spacial score (nSPS) is 24.0. The number of alkyl halides is 17. The Morgan fingerprint density at radius 1 is 0.307 bits per heavy atom. The van der Waals surface area contributed by atoms with E-state index >= 15 is 0 Å². The van der Waals surface area contributed by atoms with Crippen LogP contribution in [0, 0.1) is 16.2 Å². The quantitative estimate of drug-likeness (QED) is 0.0124. The lowest BCUT2D eigenvalue weighted by Crippen LogP contribution is -2.74. The first-order valence-corrected chi connectivity index (χ1v) is 40.9. The van der Waals surface area contributed by atoms with Crippen molar-refractivity contribution in [2.45, 2.75) is 274 Å². The number of aliphatic hydroxyl groups excluding tert-OH is 1. The summed E-state index contributed by atoms with van der Waals surface area (Å²) in [7, 11) is 0. The Labute approximate surface area is 724 Å². The molecule has 3 aliphatic heterocycles. The first-order valence-electron chi connectivity index (χ1n) is 40.9. The Balaban J connectivity index is 1.07. The molecule has 0 spiro atoms. The van der Waals surface area contributed by atoms with Crippen molar-refractivity contribution in [3.8, 4) is 0 Å². The minimum Gasteiger partial charge on any atom is -0.454 e.